The van der Waals surface area contributed by atoms with Crippen molar-refractivity contribution in [3.63, 3.8) is 0 Å². The third-order valence-corrected chi connectivity index (χ3v) is 2.72. The van der Waals surface area contributed by atoms with Crippen LogP contribution in [0.1, 0.15) is 59.3 Å². The molecular weight excluding hydrogens is 256 g/mol. The average Bonchev–Trinajstić information content (AvgIpc) is 2.46. The van der Waals surface area contributed by atoms with Gasteiger partial charge in [0.05, 0.1) is 6.26 Å². The molecule has 0 amide bonds. The first-order valence-corrected chi connectivity index (χ1v) is 7.92. The minimum atomic E-state index is -0.0929. The fraction of sp³-hybridized carbons (Fsp3) is 0.875. The van der Waals surface area contributed by atoms with Crippen molar-refractivity contribution in [2.24, 2.45) is 0 Å². The molecule has 0 aliphatic rings. The van der Waals surface area contributed by atoms with Crippen molar-refractivity contribution in [2.75, 3.05) is 26.6 Å². The summed E-state index contributed by atoms with van der Waals surface area (Å²) in [6.07, 6.45) is 9.78. The minimum Gasteiger partial charge on any atom is -0.475 e. The van der Waals surface area contributed by atoms with Crippen molar-refractivity contribution in [2.45, 2.75) is 65.6 Å². The van der Waals surface area contributed by atoms with Gasteiger partial charge in [-0.15, -0.1) is 0 Å². The molecule has 0 spiro atoms. The summed E-state index contributed by atoms with van der Waals surface area (Å²) in [6, 6.07) is 0. The molecule has 0 rings (SSSR count). The first kappa shape index (κ1) is 19.4. The highest BCUT2D eigenvalue weighted by molar-refractivity contribution is 4.73. The normalized spacial score (nSPS) is 11.6. The first-order valence-electron chi connectivity index (χ1n) is 7.92. The van der Waals surface area contributed by atoms with Crippen LogP contribution in [-0.4, -0.2) is 32.9 Å². The van der Waals surface area contributed by atoms with E-state index < -0.39 is 0 Å². The molecule has 0 N–H and O–H groups in total. The molecule has 4 nitrogen and oxygen atoms in total. The maximum atomic E-state index is 5.75. The van der Waals surface area contributed by atoms with Gasteiger partial charge in [0.1, 0.15) is 0 Å². The quantitative estimate of drug-likeness (QED) is 0.256. The first-order chi connectivity index (χ1) is 9.85. The molecule has 0 aromatic rings. The fourth-order valence-electron chi connectivity index (χ4n) is 1.47. The van der Waals surface area contributed by atoms with Crippen molar-refractivity contribution in [1.82, 2.24) is 0 Å². The Morgan fingerprint density at radius 2 is 1.60 bits per heavy atom. The van der Waals surface area contributed by atoms with E-state index in [4.69, 9.17) is 18.9 Å². The van der Waals surface area contributed by atoms with Crippen LogP contribution >= 0.6 is 0 Å². The Balaban J connectivity index is 3.71. The van der Waals surface area contributed by atoms with Crippen LogP contribution < -0.4 is 0 Å². The molecule has 0 fully saturated rings. The summed E-state index contributed by atoms with van der Waals surface area (Å²) in [6.45, 7) is 8.81. The molecule has 0 radical (unpaired) electrons. The summed E-state index contributed by atoms with van der Waals surface area (Å²) >= 11 is 0. The molecule has 0 saturated carbocycles. The van der Waals surface area contributed by atoms with Crippen LogP contribution in [0.15, 0.2) is 12.3 Å². The van der Waals surface area contributed by atoms with E-state index in [0.29, 0.717) is 13.4 Å². The Bertz CT molecular complexity index is 197. The van der Waals surface area contributed by atoms with Crippen molar-refractivity contribution < 1.29 is 18.9 Å². The van der Waals surface area contributed by atoms with Crippen LogP contribution in [-0.2, 0) is 18.9 Å². The monoisotopic (exact) mass is 288 g/mol. The highest BCUT2D eigenvalue weighted by Crippen LogP contribution is 2.08. The maximum Gasteiger partial charge on any atom is 0.188 e. The maximum absolute atomic E-state index is 5.75. The van der Waals surface area contributed by atoms with E-state index in [-0.39, 0.29) is 6.29 Å². The van der Waals surface area contributed by atoms with Gasteiger partial charge in [-0.05, 0) is 32.3 Å². The number of rotatable bonds is 15. The van der Waals surface area contributed by atoms with Crippen molar-refractivity contribution in [3.05, 3.63) is 12.3 Å². The molecule has 20 heavy (non-hydrogen) atoms. The Morgan fingerprint density at radius 3 is 2.15 bits per heavy atom. The predicted octanol–water partition coefficient (Wildman–Crippen LogP) is 4.25. The van der Waals surface area contributed by atoms with Crippen LogP contribution in [0.4, 0.5) is 0 Å². The Hall–Kier alpha value is -0.580. The van der Waals surface area contributed by atoms with Crippen molar-refractivity contribution >= 4 is 0 Å². The molecule has 0 bridgehead atoms. The van der Waals surface area contributed by atoms with Gasteiger partial charge in [-0.3, -0.25) is 0 Å². The summed E-state index contributed by atoms with van der Waals surface area (Å²) in [4.78, 5) is 0. The van der Waals surface area contributed by atoms with Crippen LogP contribution in [0.25, 0.3) is 0 Å². The number of hydrogen-bond donors (Lipinski definition) is 0. The number of unbranched alkanes of at least 4 members (excludes halogenated alkanes) is 2. The van der Waals surface area contributed by atoms with Gasteiger partial charge in [-0.1, -0.05) is 26.7 Å². The zero-order chi connectivity index (χ0) is 14.9. The average molecular weight is 288 g/mol. The second kappa shape index (κ2) is 16.5. The summed E-state index contributed by atoms with van der Waals surface area (Å²) in [5, 5.41) is 0. The lowest BCUT2D eigenvalue weighted by atomic mass is 10.3. The van der Waals surface area contributed by atoms with E-state index in [1.165, 1.54) is 0 Å². The van der Waals surface area contributed by atoms with E-state index in [9.17, 15) is 0 Å². The zero-order valence-corrected chi connectivity index (χ0v) is 13.4. The molecule has 0 saturated heterocycles. The second-order valence-corrected chi connectivity index (χ2v) is 4.60. The van der Waals surface area contributed by atoms with Crippen LogP contribution in [0, 0.1) is 0 Å². The number of ether oxygens (including phenoxy) is 4. The van der Waals surface area contributed by atoms with Gasteiger partial charge in [0, 0.05) is 26.2 Å². The summed E-state index contributed by atoms with van der Waals surface area (Å²) in [7, 11) is 0. The van der Waals surface area contributed by atoms with Gasteiger partial charge in [0.15, 0.2) is 13.1 Å². The standard InChI is InChI=1S/C16H32O4/c1-4-7-13-19-16(20-14-8-5-2)11-9-10-12-18-15-17-6-3/h10,12,16H,4-9,11,13-15H2,1-3H3. The molecule has 0 aromatic carbocycles. The minimum absolute atomic E-state index is 0.0929. The lowest BCUT2D eigenvalue weighted by molar-refractivity contribution is -0.146. The van der Waals surface area contributed by atoms with Gasteiger partial charge in [0.25, 0.3) is 0 Å². The van der Waals surface area contributed by atoms with E-state index >= 15 is 0 Å². The smallest absolute Gasteiger partial charge is 0.188 e. The predicted molar refractivity (Wildman–Crippen MR) is 81.5 cm³/mol. The Morgan fingerprint density at radius 1 is 0.950 bits per heavy atom. The van der Waals surface area contributed by atoms with E-state index in [2.05, 4.69) is 13.8 Å². The molecule has 0 heterocycles. The molecule has 4 heteroatoms. The number of allylic oxidation sites excluding steroid dienone is 1. The topological polar surface area (TPSA) is 36.9 Å². The number of hydrogen-bond acceptors (Lipinski definition) is 4. The van der Waals surface area contributed by atoms with E-state index in [1.54, 1.807) is 6.26 Å². The SMILES string of the molecule is CCCCOC(CCC=COCOCC)OCCCC. The van der Waals surface area contributed by atoms with Gasteiger partial charge in [-0.25, -0.2) is 0 Å². The molecule has 120 valence electrons. The third-order valence-electron chi connectivity index (χ3n) is 2.72. The Kier molecular flexibility index (Phi) is 16.0. The fourth-order valence-corrected chi connectivity index (χ4v) is 1.47. The van der Waals surface area contributed by atoms with Gasteiger partial charge in [0.2, 0.25) is 0 Å². The summed E-state index contributed by atoms with van der Waals surface area (Å²) in [5.74, 6) is 0. The second-order valence-electron chi connectivity index (χ2n) is 4.60. The van der Waals surface area contributed by atoms with E-state index in [1.807, 2.05) is 13.0 Å². The van der Waals surface area contributed by atoms with Crippen LogP contribution in [0.5, 0.6) is 0 Å². The van der Waals surface area contributed by atoms with Crippen LogP contribution in [0.3, 0.4) is 0 Å². The largest absolute Gasteiger partial charge is 0.475 e. The van der Waals surface area contributed by atoms with Gasteiger partial charge >= 0.3 is 0 Å². The highest BCUT2D eigenvalue weighted by Gasteiger charge is 2.07. The summed E-state index contributed by atoms with van der Waals surface area (Å²) < 4.78 is 21.7. The molecule has 0 aliphatic carbocycles. The molecule has 0 aromatic heterocycles. The molecule has 0 aliphatic heterocycles. The summed E-state index contributed by atoms with van der Waals surface area (Å²) in [5.41, 5.74) is 0. The Labute approximate surface area is 124 Å². The molecule has 0 unspecified atom stereocenters. The lowest BCUT2D eigenvalue weighted by Crippen LogP contribution is -2.18. The zero-order valence-electron chi connectivity index (χ0n) is 13.4. The van der Waals surface area contributed by atoms with Gasteiger partial charge in [-0.2, -0.15) is 0 Å². The molecular formula is C16H32O4. The molecule has 0 atom stereocenters. The van der Waals surface area contributed by atoms with Crippen molar-refractivity contribution in [1.29, 1.82) is 0 Å². The highest BCUT2D eigenvalue weighted by atomic mass is 16.7. The van der Waals surface area contributed by atoms with Gasteiger partial charge < -0.3 is 18.9 Å². The van der Waals surface area contributed by atoms with Crippen LogP contribution in [0.2, 0.25) is 0 Å². The van der Waals surface area contributed by atoms with Crippen molar-refractivity contribution in [3.8, 4) is 0 Å². The third kappa shape index (κ3) is 13.8. The van der Waals surface area contributed by atoms with E-state index in [0.717, 1.165) is 51.7 Å². The lowest BCUT2D eigenvalue weighted by Gasteiger charge is -2.17.